The molecule has 0 spiro atoms. The van der Waals surface area contributed by atoms with Crippen molar-refractivity contribution in [1.82, 2.24) is 9.97 Å². The molecule has 37 heavy (non-hydrogen) atoms. The van der Waals surface area contributed by atoms with Crippen LogP contribution in [0.5, 0.6) is 0 Å². The van der Waals surface area contributed by atoms with Gasteiger partial charge in [0.15, 0.2) is 15.6 Å². The van der Waals surface area contributed by atoms with Gasteiger partial charge < -0.3 is 15.6 Å². The maximum Gasteiger partial charge on any atom is 0.185 e. The SMILES string of the molecule is CC(C)[C@H]1O[C@@H](c2ccncc2CC(=O)c2ccc(F)c(-c3ccc(S(C)(=O)=O)cc3)n2)C[C@@H](N)[C@@H]1O. The number of hydrogen-bond donors (Lipinski definition) is 2. The van der Waals surface area contributed by atoms with E-state index in [4.69, 9.17) is 10.5 Å². The number of pyridine rings is 2. The Morgan fingerprint density at radius 1 is 1.19 bits per heavy atom. The molecule has 4 rings (SSSR count). The molecule has 0 bridgehead atoms. The van der Waals surface area contributed by atoms with Crippen molar-refractivity contribution in [3.63, 3.8) is 0 Å². The number of ether oxygens (including phenoxy) is 1. The van der Waals surface area contributed by atoms with E-state index in [1.807, 2.05) is 13.8 Å². The standard InChI is InChI=1S/C27H30FN3O5S/c1-15(2)27-26(33)21(29)13-24(36-27)19-10-11-30-14-17(19)12-23(32)22-9-8-20(28)25(31-22)16-4-6-18(7-5-16)37(3,34)35/h4-11,14-15,21,24,26-27,33H,12-13,29H2,1-3H3/t21-,24-,26+,27-/m1/s1. The van der Waals surface area contributed by atoms with Gasteiger partial charge in [-0.05, 0) is 53.8 Å². The number of nitrogens with two attached hydrogens (primary N) is 1. The van der Waals surface area contributed by atoms with Gasteiger partial charge >= 0.3 is 0 Å². The molecular formula is C27H30FN3O5S. The summed E-state index contributed by atoms with van der Waals surface area (Å²) in [6.07, 6.45) is 2.99. The number of aromatic nitrogens is 2. The van der Waals surface area contributed by atoms with Crippen molar-refractivity contribution in [2.24, 2.45) is 11.7 Å². The zero-order chi connectivity index (χ0) is 26.9. The summed E-state index contributed by atoms with van der Waals surface area (Å²) in [4.78, 5) is 21.7. The third-order valence-corrected chi connectivity index (χ3v) is 7.70. The van der Waals surface area contributed by atoms with Crippen molar-refractivity contribution in [2.45, 2.75) is 55.9 Å². The molecule has 0 saturated carbocycles. The monoisotopic (exact) mass is 527 g/mol. The maximum atomic E-state index is 14.6. The number of benzene rings is 1. The predicted molar refractivity (Wildman–Crippen MR) is 136 cm³/mol. The number of sulfone groups is 1. The fourth-order valence-electron chi connectivity index (χ4n) is 4.53. The van der Waals surface area contributed by atoms with Crippen molar-refractivity contribution in [1.29, 1.82) is 0 Å². The fourth-order valence-corrected chi connectivity index (χ4v) is 5.16. The second kappa shape index (κ2) is 10.7. The fraction of sp³-hybridized carbons (Fsp3) is 0.370. The highest BCUT2D eigenvalue weighted by molar-refractivity contribution is 7.90. The minimum Gasteiger partial charge on any atom is -0.389 e. The highest BCUT2D eigenvalue weighted by atomic mass is 32.2. The Kier molecular flexibility index (Phi) is 7.84. The molecule has 1 aliphatic heterocycles. The Morgan fingerprint density at radius 2 is 1.89 bits per heavy atom. The van der Waals surface area contributed by atoms with Gasteiger partial charge in [-0.1, -0.05) is 26.0 Å². The lowest BCUT2D eigenvalue weighted by molar-refractivity contribution is -0.145. The number of nitrogens with zero attached hydrogens (tertiary/aromatic N) is 2. The van der Waals surface area contributed by atoms with E-state index in [1.54, 1.807) is 18.5 Å². The highest BCUT2D eigenvalue weighted by Gasteiger charge is 2.38. The number of aliphatic hydroxyl groups is 1. The van der Waals surface area contributed by atoms with Crippen LogP contribution in [0.4, 0.5) is 4.39 Å². The first-order chi connectivity index (χ1) is 17.5. The average molecular weight is 528 g/mol. The summed E-state index contributed by atoms with van der Waals surface area (Å²) in [5, 5.41) is 10.4. The van der Waals surface area contributed by atoms with Crippen LogP contribution in [-0.4, -0.2) is 53.8 Å². The van der Waals surface area contributed by atoms with Gasteiger partial charge in [0.2, 0.25) is 0 Å². The van der Waals surface area contributed by atoms with Crippen LogP contribution in [-0.2, 0) is 21.0 Å². The Hall–Kier alpha value is -3.05. The summed E-state index contributed by atoms with van der Waals surface area (Å²) in [5.74, 6) is -0.929. The lowest BCUT2D eigenvalue weighted by Crippen LogP contribution is -2.52. The quantitative estimate of drug-likeness (QED) is 0.448. The number of rotatable bonds is 7. The van der Waals surface area contributed by atoms with Gasteiger partial charge in [-0.2, -0.15) is 0 Å². The van der Waals surface area contributed by atoms with E-state index in [2.05, 4.69) is 9.97 Å². The normalized spacial score (nSPS) is 22.2. The molecule has 1 fully saturated rings. The Labute approximate surface area is 215 Å². The molecule has 3 aromatic rings. The van der Waals surface area contributed by atoms with Crippen LogP contribution in [0.3, 0.4) is 0 Å². The smallest absolute Gasteiger partial charge is 0.185 e. The van der Waals surface area contributed by atoms with Gasteiger partial charge in [-0.3, -0.25) is 9.78 Å². The molecule has 3 heterocycles. The molecule has 1 aromatic carbocycles. The van der Waals surface area contributed by atoms with Gasteiger partial charge in [-0.25, -0.2) is 17.8 Å². The van der Waals surface area contributed by atoms with Crippen LogP contribution in [0.2, 0.25) is 0 Å². The van der Waals surface area contributed by atoms with Crippen LogP contribution in [0, 0.1) is 11.7 Å². The van der Waals surface area contributed by atoms with Crippen LogP contribution in [0.25, 0.3) is 11.3 Å². The van der Waals surface area contributed by atoms with Crippen LogP contribution in [0.1, 0.15) is 48.0 Å². The summed E-state index contributed by atoms with van der Waals surface area (Å²) in [6.45, 7) is 3.90. The van der Waals surface area contributed by atoms with Crippen molar-refractivity contribution in [3.8, 4) is 11.3 Å². The molecule has 0 unspecified atom stereocenters. The molecule has 4 atom stereocenters. The molecule has 0 amide bonds. The summed E-state index contributed by atoms with van der Waals surface area (Å²) >= 11 is 0. The number of hydrogen-bond acceptors (Lipinski definition) is 8. The number of halogens is 1. The topological polar surface area (TPSA) is 132 Å². The maximum absolute atomic E-state index is 14.6. The molecule has 8 nitrogen and oxygen atoms in total. The molecule has 1 aliphatic rings. The minimum absolute atomic E-state index is 0.0434. The minimum atomic E-state index is -3.40. The molecule has 196 valence electrons. The number of carbonyl (C=O) groups excluding carboxylic acids is 1. The van der Waals surface area contributed by atoms with Gasteiger partial charge in [0, 0.05) is 36.7 Å². The molecule has 1 saturated heterocycles. The molecular weight excluding hydrogens is 497 g/mol. The van der Waals surface area contributed by atoms with Gasteiger partial charge in [0.1, 0.15) is 17.2 Å². The molecule has 3 N–H and O–H groups in total. The zero-order valence-electron chi connectivity index (χ0n) is 20.8. The summed E-state index contributed by atoms with van der Waals surface area (Å²) in [6, 6.07) is 9.45. The van der Waals surface area contributed by atoms with Gasteiger partial charge in [0.05, 0.1) is 23.2 Å². The first kappa shape index (κ1) is 27.0. The third kappa shape index (κ3) is 5.93. The van der Waals surface area contributed by atoms with Crippen molar-refractivity contribution < 1.29 is 27.4 Å². The number of Topliss-reactive ketones (excluding diaryl/α,β-unsaturated/α-hetero) is 1. The average Bonchev–Trinajstić information content (AvgIpc) is 2.85. The summed E-state index contributed by atoms with van der Waals surface area (Å²) in [7, 11) is -3.40. The van der Waals surface area contributed by atoms with E-state index in [9.17, 15) is 22.7 Å². The molecule has 10 heteroatoms. The first-order valence-electron chi connectivity index (χ1n) is 12.0. The molecule has 2 aromatic heterocycles. The summed E-state index contributed by atoms with van der Waals surface area (Å²) < 4.78 is 44.2. The van der Waals surface area contributed by atoms with E-state index < -0.39 is 40.0 Å². The highest BCUT2D eigenvalue weighted by Crippen LogP contribution is 2.35. The number of carbonyl (C=O) groups is 1. The van der Waals surface area contributed by atoms with E-state index in [0.29, 0.717) is 17.5 Å². The lowest BCUT2D eigenvalue weighted by atomic mass is 9.86. The van der Waals surface area contributed by atoms with Crippen LogP contribution in [0.15, 0.2) is 59.8 Å². The zero-order valence-corrected chi connectivity index (χ0v) is 21.7. The lowest BCUT2D eigenvalue weighted by Gasteiger charge is -2.40. The van der Waals surface area contributed by atoms with Crippen molar-refractivity contribution >= 4 is 15.6 Å². The van der Waals surface area contributed by atoms with Gasteiger partial charge in [-0.15, -0.1) is 0 Å². The number of ketones is 1. The Bertz CT molecular complexity index is 1400. The predicted octanol–water partition coefficient (Wildman–Crippen LogP) is 3.29. The largest absolute Gasteiger partial charge is 0.389 e. The van der Waals surface area contributed by atoms with Crippen molar-refractivity contribution in [2.75, 3.05) is 6.26 Å². The Morgan fingerprint density at radius 3 is 2.54 bits per heavy atom. The van der Waals surface area contributed by atoms with E-state index >= 15 is 0 Å². The van der Waals surface area contributed by atoms with Crippen LogP contribution < -0.4 is 5.73 Å². The van der Waals surface area contributed by atoms with Crippen molar-refractivity contribution in [3.05, 3.63) is 77.5 Å². The van der Waals surface area contributed by atoms with E-state index in [1.165, 1.54) is 36.4 Å². The van der Waals surface area contributed by atoms with Crippen LogP contribution >= 0.6 is 0 Å². The molecule has 0 aliphatic carbocycles. The third-order valence-electron chi connectivity index (χ3n) is 6.57. The number of aliphatic hydroxyl groups excluding tert-OH is 1. The second-order valence-electron chi connectivity index (χ2n) is 9.72. The Balaban J connectivity index is 1.59. The first-order valence-corrected chi connectivity index (χ1v) is 13.9. The van der Waals surface area contributed by atoms with Gasteiger partial charge in [0.25, 0.3) is 0 Å². The van der Waals surface area contributed by atoms with E-state index in [-0.39, 0.29) is 34.4 Å². The second-order valence-corrected chi connectivity index (χ2v) is 11.7. The summed E-state index contributed by atoms with van der Waals surface area (Å²) in [5.41, 5.74) is 7.96. The molecule has 0 radical (unpaired) electrons. The van der Waals surface area contributed by atoms with E-state index in [0.717, 1.165) is 11.8 Å².